The van der Waals surface area contributed by atoms with Gasteiger partial charge in [-0.3, -0.25) is 0 Å². The van der Waals surface area contributed by atoms with Crippen LogP contribution in [0.5, 0.6) is 0 Å². The normalized spacial score (nSPS) is 26.3. The van der Waals surface area contributed by atoms with E-state index in [1.54, 1.807) is 0 Å². The van der Waals surface area contributed by atoms with Crippen molar-refractivity contribution in [2.45, 2.75) is 38.3 Å². The third kappa shape index (κ3) is 4.03. The maximum absolute atomic E-state index is 6.29. The first-order valence-electron chi connectivity index (χ1n) is 7.26. The number of nitrogens with two attached hydrogens (primary N) is 1. The van der Waals surface area contributed by atoms with Crippen LogP contribution in [0.1, 0.15) is 38.3 Å². The number of benzene rings is 1. The first-order valence-corrected chi connectivity index (χ1v) is 7.26. The molecule has 0 aliphatic carbocycles. The highest BCUT2D eigenvalue weighted by Gasteiger charge is 2.29. The summed E-state index contributed by atoms with van der Waals surface area (Å²) >= 11 is 0. The van der Waals surface area contributed by atoms with E-state index in [2.05, 4.69) is 31.3 Å². The lowest BCUT2D eigenvalue weighted by atomic mass is 9.95. The highest BCUT2D eigenvalue weighted by Crippen LogP contribution is 2.24. The Hall–Kier alpha value is -0.900. The smallest absolute Gasteiger partial charge is 0.0779 e. The molecular weight excluding hydrogens is 236 g/mol. The Balaban J connectivity index is 1.76. The predicted molar refractivity (Wildman–Crippen MR) is 79.0 cm³/mol. The molecule has 1 saturated heterocycles. The second-order valence-electron chi connectivity index (χ2n) is 5.95. The summed E-state index contributed by atoms with van der Waals surface area (Å²) in [7, 11) is 0. The number of hydrogen-bond donors (Lipinski definition) is 2. The summed E-state index contributed by atoms with van der Waals surface area (Å²) in [6.45, 7) is 7.13. The van der Waals surface area contributed by atoms with Gasteiger partial charge in [0.2, 0.25) is 0 Å². The molecule has 3 unspecified atom stereocenters. The molecule has 3 heteroatoms. The molecule has 1 aromatic carbocycles. The molecule has 1 fully saturated rings. The van der Waals surface area contributed by atoms with Gasteiger partial charge in [-0.05, 0) is 37.8 Å². The summed E-state index contributed by atoms with van der Waals surface area (Å²) in [5.41, 5.74) is 7.53. The lowest BCUT2D eigenvalue weighted by Gasteiger charge is -2.26. The number of rotatable bonds is 6. The zero-order valence-corrected chi connectivity index (χ0v) is 12.1. The molecule has 0 aromatic heterocycles. The van der Waals surface area contributed by atoms with Crippen molar-refractivity contribution >= 4 is 0 Å². The minimum atomic E-state index is 0.0244. The van der Waals surface area contributed by atoms with Crippen molar-refractivity contribution in [1.82, 2.24) is 5.32 Å². The Bertz CT molecular complexity index is 374. The summed E-state index contributed by atoms with van der Waals surface area (Å²) in [6, 6.07) is 10.4. The molecule has 2 rings (SSSR count). The molecule has 1 aromatic rings. The van der Waals surface area contributed by atoms with Crippen molar-refractivity contribution < 1.29 is 4.74 Å². The minimum absolute atomic E-state index is 0.0244. The maximum Gasteiger partial charge on any atom is 0.0779 e. The average molecular weight is 262 g/mol. The largest absolute Gasteiger partial charge is 0.374 e. The standard InChI is InChI=1S/C16H26N2O/c1-13(15(17)14-7-4-3-5-8-14)11-18-12-16(2)9-6-10-19-16/h3-5,7-8,13,15,18H,6,9-12,17H2,1-2H3. The minimum Gasteiger partial charge on any atom is -0.374 e. The summed E-state index contributed by atoms with van der Waals surface area (Å²) in [4.78, 5) is 0. The lowest BCUT2D eigenvalue weighted by Crippen LogP contribution is -2.40. The van der Waals surface area contributed by atoms with Gasteiger partial charge in [0.1, 0.15) is 0 Å². The molecule has 0 bridgehead atoms. The van der Waals surface area contributed by atoms with Crippen LogP contribution in [0.4, 0.5) is 0 Å². The zero-order chi connectivity index (χ0) is 13.7. The van der Waals surface area contributed by atoms with Crippen molar-refractivity contribution in [3.05, 3.63) is 35.9 Å². The molecule has 3 atom stereocenters. The summed E-state index contributed by atoms with van der Waals surface area (Å²) < 4.78 is 5.77. The van der Waals surface area contributed by atoms with Gasteiger partial charge in [-0.1, -0.05) is 37.3 Å². The van der Waals surface area contributed by atoms with Gasteiger partial charge in [0.25, 0.3) is 0 Å². The second-order valence-corrected chi connectivity index (χ2v) is 5.95. The molecule has 1 aliphatic rings. The Kier molecular flexibility index (Phi) is 4.97. The van der Waals surface area contributed by atoms with Gasteiger partial charge in [0.05, 0.1) is 5.60 Å². The number of ether oxygens (including phenoxy) is 1. The molecule has 0 amide bonds. The van der Waals surface area contributed by atoms with E-state index in [4.69, 9.17) is 10.5 Å². The van der Waals surface area contributed by atoms with E-state index >= 15 is 0 Å². The quantitative estimate of drug-likeness (QED) is 0.828. The number of nitrogens with one attached hydrogen (secondary N) is 1. The summed E-state index contributed by atoms with van der Waals surface area (Å²) in [5.74, 6) is 0.410. The van der Waals surface area contributed by atoms with Gasteiger partial charge in [-0.15, -0.1) is 0 Å². The van der Waals surface area contributed by atoms with Crippen molar-refractivity contribution in [3.8, 4) is 0 Å². The molecule has 3 N–H and O–H groups in total. The Labute approximate surface area is 116 Å². The van der Waals surface area contributed by atoms with Crippen LogP contribution in [0.15, 0.2) is 30.3 Å². The molecular formula is C16H26N2O. The van der Waals surface area contributed by atoms with Gasteiger partial charge < -0.3 is 15.8 Å². The molecule has 0 spiro atoms. The molecule has 19 heavy (non-hydrogen) atoms. The predicted octanol–water partition coefficient (Wildman–Crippen LogP) is 2.48. The Morgan fingerprint density at radius 2 is 2.11 bits per heavy atom. The van der Waals surface area contributed by atoms with Crippen LogP contribution in [0.3, 0.4) is 0 Å². The Morgan fingerprint density at radius 1 is 1.37 bits per heavy atom. The van der Waals surface area contributed by atoms with E-state index in [1.807, 2.05) is 18.2 Å². The molecule has 1 heterocycles. The van der Waals surface area contributed by atoms with Crippen molar-refractivity contribution in [2.24, 2.45) is 11.7 Å². The van der Waals surface area contributed by atoms with Crippen LogP contribution in [0, 0.1) is 5.92 Å². The topological polar surface area (TPSA) is 47.3 Å². The van der Waals surface area contributed by atoms with Crippen LogP contribution < -0.4 is 11.1 Å². The van der Waals surface area contributed by atoms with Gasteiger partial charge in [0, 0.05) is 19.2 Å². The van der Waals surface area contributed by atoms with E-state index < -0.39 is 0 Å². The fraction of sp³-hybridized carbons (Fsp3) is 0.625. The van der Waals surface area contributed by atoms with Crippen LogP contribution >= 0.6 is 0 Å². The highest BCUT2D eigenvalue weighted by atomic mass is 16.5. The van der Waals surface area contributed by atoms with Crippen molar-refractivity contribution in [2.75, 3.05) is 19.7 Å². The van der Waals surface area contributed by atoms with Crippen molar-refractivity contribution in [1.29, 1.82) is 0 Å². The van der Waals surface area contributed by atoms with Gasteiger partial charge in [0.15, 0.2) is 0 Å². The highest BCUT2D eigenvalue weighted by molar-refractivity contribution is 5.19. The average Bonchev–Trinajstić information content (AvgIpc) is 2.86. The summed E-state index contributed by atoms with van der Waals surface area (Å²) in [5, 5.41) is 3.51. The fourth-order valence-electron chi connectivity index (χ4n) is 2.67. The van der Waals surface area contributed by atoms with Crippen molar-refractivity contribution in [3.63, 3.8) is 0 Å². The molecule has 1 aliphatic heterocycles. The maximum atomic E-state index is 6.29. The third-order valence-electron chi connectivity index (χ3n) is 4.06. The second kappa shape index (κ2) is 6.51. The van der Waals surface area contributed by atoms with Crippen LogP contribution in [-0.4, -0.2) is 25.3 Å². The molecule has 3 nitrogen and oxygen atoms in total. The fourth-order valence-corrected chi connectivity index (χ4v) is 2.67. The molecule has 106 valence electrons. The van der Waals surface area contributed by atoms with E-state index in [9.17, 15) is 0 Å². The lowest BCUT2D eigenvalue weighted by molar-refractivity contribution is 0.0202. The molecule has 0 saturated carbocycles. The zero-order valence-electron chi connectivity index (χ0n) is 12.1. The number of hydrogen-bond acceptors (Lipinski definition) is 3. The van der Waals surface area contributed by atoms with Gasteiger partial charge in [-0.25, -0.2) is 0 Å². The van der Waals surface area contributed by atoms with E-state index in [0.29, 0.717) is 5.92 Å². The third-order valence-corrected chi connectivity index (χ3v) is 4.06. The van der Waals surface area contributed by atoms with E-state index in [0.717, 1.165) is 26.1 Å². The first-order chi connectivity index (χ1) is 9.11. The van der Waals surface area contributed by atoms with Gasteiger partial charge in [-0.2, -0.15) is 0 Å². The van der Waals surface area contributed by atoms with Crippen LogP contribution in [0.2, 0.25) is 0 Å². The van der Waals surface area contributed by atoms with Gasteiger partial charge >= 0.3 is 0 Å². The first kappa shape index (κ1) is 14.5. The van der Waals surface area contributed by atoms with Crippen LogP contribution in [-0.2, 0) is 4.74 Å². The Morgan fingerprint density at radius 3 is 2.74 bits per heavy atom. The van der Waals surface area contributed by atoms with Crippen LogP contribution in [0.25, 0.3) is 0 Å². The van der Waals surface area contributed by atoms with E-state index in [-0.39, 0.29) is 11.6 Å². The molecule has 0 radical (unpaired) electrons. The summed E-state index contributed by atoms with van der Waals surface area (Å²) in [6.07, 6.45) is 2.33. The monoisotopic (exact) mass is 262 g/mol. The SMILES string of the molecule is CC(CNCC1(C)CCCO1)C(N)c1ccccc1. The van der Waals surface area contributed by atoms with E-state index in [1.165, 1.54) is 12.0 Å².